The van der Waals surface area contributed by atoms with E-state index in [1.54, 1.807) is 37.3 Å². The number of anilines is 2. The van der Waals surface area contributed by atoms with Crippen LogP contribution in [0.5, 0.6) is 5.75 Å². The highest BCUT2D eigenvalue weighted by Gasteiger charge is 2.30. The average molecular weight is 509 g/mol. The molecule has 3 rings (SSSR count). The maximum atomic E-state index is 13.2. The zero-order valence-electron chi connectivity index (χ0n) is 20.6. The number of methoxy groups -OCH3 is 1. The molecule has 0 spiro atoms. The summed E-state index contributed by atoms with van der Waals surface area (Å²) in [6.07, 6.45) is -4.61. The Labute approximate surface area is 208 Å². The highest BCUT2D eigenvalue weighted by Crippen LogP contribution is 2.30. The Morgan fingerprint density at radius 1 is 1.11 bits per heavy atom. The smallest absolute Gasteiger partial charge is 0.416 e. The molecule has 36 heavy (non-hydrogen) atoms. The second-order valence-electron chi connectivity index (χ2n) is 8.92. The van der Waals surface area contributed by atoms with Gasteiger partial charge in [0, 0.05) is 50.7 Å². The van der Waals surface area contributed by atoms with Crippen LogP contribution in [0.4, 0.5) is 29.3 Å². The number of rotatable bonds is 3. The van der Waals surface area contributed by atoms with Gasteiger partial charge in [-0.2, -0.15) is 13.2 Å². The van der Waals surface area contributed by atoms with E-state index in [1.807, 2.05) is 6.92 Å². The van der Waals surface area contributed by atoms with Crippen molar-refractivity contribution in [1.29, 1.82) is 0 Å². The van der Waals surface area contributed by atoms with Crippen molar-refractivity contribution in [2.75, 3.05) is 44.5 Å². The second kappa shape index (κ2) is 11.6. The lowest BCUT2D eigenvalue weighted by atomic mass is 10.0. The Morgan fingerprint density at radius 2 is 1.75 bits per heavy atom. The van der Waals surface area contributed by atoms with Crippen LogP contribution in [0.3, 0.4) is 0 Å². The number of nitrogens with zero attached hydrogens (tertiary/aromatic N) is 1. The number of hydrogen-bond acceptors (Lipinski definition) is 5. The molecule has 8 nitrogen and oxygen atoms in total. The molecular formula is C25H31F3N4O4. The first-order valence-corrected chi connectivity index (χ1v) is 11.5. The van der Waals surface area contributed by atoms with Gasteiger partial charge in [0.05, 0.1) is 17.2 Å². The van der Waals surface area contributed by atoms with Crippen LogP contribution in [0.2, 0.25) is 0 Å². The summed E-state index contributed by atoms with van der Waals surface area (Å²) >= 11 is 0. The topological polar surface area (TPSA) is 91.9 Å². The number of carbonyl (C=O) groups is 2. The second-order valence-corrected chi connectivity index (χ2v) is 8.92. The SMILES string of the molecule is CO[C@@H]1CN(C)C(=O)c2ccc(NC(=O)Nc3ccc(C(F)(F)F)cc3)cc2OC[C@H](C)NC[C@@H]1C. The summed E-state index contributed by atoms with van der Waals surface area (Å²) in [4.78, 5) is 27.2. The number of hydrogen-bond donors (Lipinski definition) is 3. The molecule has 0 radical (unpaired) electrons. The molecule has 196 valence electrons. The lowest BCUT2D eigenvalue weighted by Crippen LogP contribution is -2.44. The van der Waals surface area contributed by atoms with E-state index in [9.17, 15) is 22.8 Å². The predicted molar refractivity (Wildman–Crippen MR) is 130 cm³/mol. The van der Waals surface area contributed by atoms with Gasteiger partial charge in [-0.3, -0.25) is 4.79 Å². The Hall–Kier alpha value is -3.31. The molecule has 0 unspecified atom stereocenters. The molecule has 3 N–H and O–H groups in total. The molecule has 0 saturated carbocycles. The number of nitrogens with one attached hydrogen (secondary N) is 3. The molecule has 1 aliphatic heterocycles. The van der Waals surface area contributed by atoms with E-state index in [2.05, 4.69) is 22.9 Å². The third-order valence-electron chi connectivity index (χ3n) is 5.96. The van der Waals surface area contributed by atoms with Gasteiger partial charge in [0.15, 0.2) is 0 Å². The third-order valence-corrected chi connectivity index (χ3v) is 5.96. The Bertz CT molecular complexity index is 1060. The minimum absolute atomic E-state index is 0.00959. The van der Waals surface area contributed by atoms with Gasteiger partial charge in [0.2, 0.25) is 0 Å². The molecule has 2 aromatic carbocycles. The molecule has 0 fully saturated rings. The number of alkyl halides is 3. The van der Waals surface area contributed by atoms with Crippen LogP contribution >= 0.6 is 0 Å². The number of likely N-dealkylation sites (N-methyl/N-ethyl adjacent to an activating group) is 1. The Morgan fingerprint density at radius 3 is 2.39 bits per heavy atom. The fourth-order valence-electron chi connectivity index (χ4n) is 3.77. The van der Waals surface area contributed by atoms with E-state index in [0.29, 0.717) is 30.1 Å². The van der Waals surface area contributed by atoms with Crippen LogP contribution in [0.1, 0.15) is 29.8 Å². The summed E-state index contributed by atoms with van der Waals surface area (Å²) < 4.78 is 49.8. The van der Waals surface area contributed by atoms with Crippen LogP contribution in [-0.2, 0) is 10.9 Å². The summed E-state index contributed by atoms with van der Waals surface area (Å²) in [6, 6.07) is 8.11. The van der Waals surface area contributed by atoms with Crippen molar-refractivity contribution in [3.63, 3.8) is 0 Å². The summed E-state index contributed by atoms with van der Waals surface area (Å²) in [5, 5.41) is 8.50. The largest absolute Gasteiger partial charge is 0.491 e. The van der Waals surface area contributed by atoms with Crippen molar-refractivity contribution in [3.05, 3.63) is 53.6 Å². The summed E-state index contributed by atoms with van der Waals surface area (Å²) in [7, 11) is 3.32. The predicted octanol–water partition coefficient (Wildman–Crippen LogP) is 4.44. The summed E-state index contributed by atoms with van der Waals surface area (Å²) in [6.45, 7) is 5.38. The van der Waals surface area contributed by atoms with Gasteiger partial charge in [-0.15, -0.1) is 0 Å². The van der Waals surface area contributed by atoms with E-state index in [4.69, 9.17) is 9.47 Å². The molecule has 0 saturated heterocycles. The molecule has 0 bridgehead atoms. The van der Waals surface area contributed by atoms with Crippen molar-refractivity contribution in [3.8, 4) is 5.75 Å². The zero-order chi connectivity index (χ0) is 26.5. The van der Waals surface area contributed by atoms with E-state index in [1.165, 1.54) is 12.1 Å². The Balaban J connectivity index is 1.76. The minimum Gasteiger partial charge on any atom is -0.491 e. The Kier molecular flexibility index (Phi) is 8.80. The van der Waals surface area contributed by atoms with Crippen molar-refractivity contribution in [2.45, 2.75) is 32.2 Å². The van der Waals surface area contributed by atoms with E-state index in [0.717, 1.165) is 12.1 Å². The number of benzene rings is 2. The van der Waals surface area contributed by atoms with Gasteiger partial charge < -0.3 is 30.3 Å². The maximum absolute atomic E-state index is 13.2. The van der Waals surface area contributed by atoms with Gasteiger partial charge >= 0.3 is 12.2 Å². The first-order chi connectivity index (χ1) is 17.0. The van der Waals surface area contributed by atoms with Crippen LogP contribution in [0, 0.1) is 5.92 Å². The first kappa shape index (κ1) is 27.3. The molecule has 0 aliphatic carbocycles. The van der Waals surface area contributed by atoms with Gasteiger partial charge in [0.25, 0.3) is 5.91 Å². The average Bonchev–Trinajstić information content (AvgIpc) is 2.83. The fraction of sp³-hybridized carbons (Fsp3) is 0.440. The van der Waals surface area contributed by atoms with Crippen LogP contribution in [-0.4, -0.2) is 62.8 Å². The summed E-state index contributed by atoms with van der Waals surface area (Å²) in [5.74, 6) is 0.220. The third kappa shape index (κ3) is 7.11. The van der Waals surface area contributed by atoms with Crippen LogP contribution in [0.15, 0.2) is 42.5 Å². The van der Waals surface area contributed by atoms with Crippen molar-refractivity contribution < 1.29 is 32.2 Å². The van der Waals surface area contributed by atoms with Gasteiger partial charge in [-0.1, -0.05) is 6.92 Å². The van der Waals surface area contributed by atoms with Crippen molar-refractivity contribution >= 4 is 23.3 Å². The molecule has 2 aromatic rings. The number of ether oxygens (including phenoxy) is 2. The molecule has 3 amide bonds. The fourth-order valence-corrected chi connectivity index (χ4v) is 3.77. The molecular weight excluding hydrogens is 477 g/mol. The minimum atomic E-state index is -4.46. The van der Waals surface area contributed by atoms with Crippen molar-refractivity contribution in [1.82, 2.24) is 10.2 Å². The zero-order valence-corrected chi connectivity index (χ0v) is 20.6. The lowest BCUT2D eigenvalue weighted by Gasteiger charge is -2.30. The number of amides is 3. The number of fused-ring (bicyclic) bond motifs is 1. The lowest BCUT2D eigenvalue weighted by molar-refractivity contribution is -0.137. The maximum Gasteiger partial charge on any atom is 0.416 e. The molecule has 11 heteroatoms. The number of urea groups is 1. The molecule has 3 atom stereocenters. The normalized spacial score (nSPS) is 21.5. The molecule has 0 aromatic heterocycles. The van der Waals surface area contributed by atoms with Gasteiger partial charge in [-0.05, 0) is 49.2 Å². The van der Waals surface area contributed by atoms with Crippen LogP contribution in [0.25, 0.3) is 0 Å². The monoisotopic (exact) mass is 508 g/mol. The van der Waals surface area contributed by atoms with Gasteiger partial charge in [-0.25, -0.2) is 4.79 Å². The van der Waals surface area contributed by atoms with E-state index >= 15 is 0 Å². The van der Waals surface area contributed by atoms with E-state index < -0.39 is 17.8 Å². The molecule has 1 heterocycles. The molecule has 1 aliphatic rings. The highest BCUT2D eigenvalue weighted by molar-refractivity contribution is 6.01. The quantitative estimate of drug-likeness (QED) is 0.570. The highest BCUT2D eigenvalue weighted by atomic mass is 19.4. The van der Waals surface area contributed by atoms with Gasteiger partial charge in [0.1, 0.15) is 12.4 Å². The summed E-state index contributed by atoms with van der Waals surface area (Å²) in [5.41, 5.74) is 0.0722. The van der Waals surface area contributed by atoms with E-state index in [-0.39, 0.29) is 36.3 Å². The van der Waals surface area contributed by atoms with Crippen molar-refractivity contribution in [2.24, 2.45) is 5.92 Å². The number of carbonyl (C=O) groups excluding carboxylic acids is 2. The first-order valence-electron chi connectivity index (χ1n) is 11.5. The van der Waals surface area contributed by atoms with Crippen LogP contribution < -0.4 is 20.7 Å². The standard InChI is InChI=1S/C25H31F3N4O4/c1-15-12-29-16(2)14-36-21-11-19(9-10-20(21)23(33)32(3)13-22(15)35-4)31-24(34)30-18-7-5-17(6-8-18)25(26,27)28/h5-11,15-16,22,29H,12-14H2,1-4H3,(H2,30,31,34)/t15-,16-,22+/m0/s1. The number of halogens is 3.